The molecular formula is C19H30FN. The summed E-state index contributed by atoms with van der Waals surface area (Å²) in [5, 5.41) is 3.86. The summed E-state index contributed by atoms with van der Waals surface area (Å²) >= 11 is 0. The molecule has 0 radical (unpaired) electrons. The molecule has 21 heavy (non-hydrogen) atoms. The van der Waals surface area contributed by atoms with Crippen LogP contribution in [0.1, 0.15) is 65.5 Å². The minimum Gasteiger partial charge on any atom is -0.307 e. The van der Waals surface area contributed by atoms with E-state index >= 15 is 0 Å². The summed E-state index contributed by atoms with van der Waals surface area (Å²) in [4.78, 5) is 0. The lowest BCUT2D eigenvalue weighted by atomic mass is 9.70. The average molecular weight is 291 g/mol. The van der Waals surface area contributed by atoms with Gasteiger partial charge in [0.15, 0.2) is 0 Å². The van der Waals surface area contributed by atoms with Gasteiger partial charge in [0.05, 0.1) is 0 Å². The monoisotopic (exact) mass is 291 g/mol. The van der Waals surface area contributed by atoms with Gasteiger partial charge in [-0.25, -0.2) is 4.39 Å². The predicted molar refractivity (Wildman–Crippen MR) is 87.7 cm³/mol. The van der Waals surface area contributed by atoms with Crippen LogP contribution in [0.2, 0.25) is 0 Å². The molecule has 0 aromatic heterocycles. The largest absolute Gasteiger partial charge is 0.307 e. The predicted octanol–water partition coefficient (Wildman–Crippen LogP) is 5.33. The molecule has 2 heteroatoms. The van der Waals surface area contributed by atoms with Crippen LogP contribution < -0.4 is 5.32 Å². The molecule has 0 saturated heterocycles. The van der Waals surface area contributed by atoms with Crippen LogP contribution in [-0.2, 0) is 0 Å². The van der Waals surface area contributed by atoms with E-state index < -0.39 is 0 Å². The molecule has 1 aliphatic rings. The summed E-state index contributed by atoms with van der Waals surface area (Å²) in [6.45, 7) is 11.6. The van der Waals surface area contributed by atoms with Crippen molar-refractivity contribution in [2.75, 3.05) is 0 Å². The van der Waals surface area contributed by atoms with Gasteiger partial charge in [-0.1, -0.05) is 46.8 Å². The van der Waals surface area contributed by atoms with Gasteiger partial charge in [-0.2, -0.15) is 0 Å². The Bertz CT molecular complexity index is 449. The van der Waals surface area contributed by atoms with E-state index in [9.17, 15) is 4.39 Å². The van der Waals surface area contributed by atoms with Crippen LogP contribution in [-0.4, -0.2) is 6.04 Å². The molecule has 1 aromatic carbocycles. The van der Waals surface area contributed by atoms with Gasteiger partial charge in [0.25, 0.3) is 0 Å². The Balaban J connectivity index is 2.08. The number of hydrogen-bond donors (Lipinski definition) is 1. The number of hydrogen-bond acceptors (Lipinski definition) is 1. The molecule has 3 atom stereocenters. The van der Waals surface area contributed by atoms with Crippen molar-refractivity contribution < 1.29 is 4.39 Å². The topological polar surface area (TPSA) is 12.0 Å². The van der Waals surface area contributed by atoms with Crippen molar-refractivity contribution in [2.45, 2.75) is 66.0 Å². The molecule has 1 saturated carbocycles. The summed E-state index contributed by atoms with van der Waals surface area (Å²) in [7, 11) is 0. The fourth-order valence-electron chi connectivity index (χ4n) is 3.77. The Labute approximate surface area is 129 Å². The molecule has 1 fully saturated rings. The van der Waals surface area contributed by atoms with Gasteiger partial charge in [-0.15, -0.1) is 0 Å². The zero-order chi connectivity index (χ0) is 15.6. The maximum absolute atomic E-state index is 13.1. The molecule has 118 valence electrons. The van der Waals surface area contributed by atoms with E-state index in [4.69, 9.17) is 0 Å². The smallest absolute Gasteiger partial charge is 0.123 e. The maximum atomic E-state index is 13.1. The fourth-order valence-corrected chi connectivity index (χ4v) is 3.77. The molecule has 2 rings (SSSR count). The van der Waals surface area contributed by atoms with Crippen molar-refractivity contribution in [2.24, 2.45) is 17.3 Å². The number of benzene rings is 1. The molecule has 0 bridgehead atoms. The van der Waals surface area contributed by atoms with Crippen LogP contribution in [0.3, 0.4) is 0 Å². The summed E-state index contributed by atoms with van der Waals surface area (Å²) in [5.74, 6) is 1.03. The fraction of sp³-hybridized carbons (Fsp3) is 0.684. The normalized spacial score (nSPS) is 26.8. The molecule has 0 spiro atoms. The summed E-state index contributed by atoms with van der Waals surface area (Å²) in [6.07, 6.45) is 3.79. The number of halogens is 1. The van der Waals surface area contributed by atoms with Crippen molar-refractivity contribution >= 4 is 0 Å². The molecule has 0 aliphatic heterocycles. The lowest BCUT2D eigenvalue weighted by Gasteiger charge is -2.42. The third-order valence-corrected chi connectivity index (χ3v) is 4.98. The summed E-state index contributed by atoms with van der Waals surface area (Å²) in [6, 6.07) is 7.85. The Hall–Kier alpha value is -0.890. The van der Waals surface area contributed by atoms with Gasteiger partial charge in [-0.3, -0.25) is 0 Å². The zero-order valence-corrected chi connectivity index (χ0v) is 14.1. The first-order valence-corrected chi connectivity index (χ1v) is 8.30. The Morgan fingerprint density at radius 3 is 2.33 bits per heavy atom. The average Bonchev–Trinajstić information content (AvgIpc) is 2.38. The Kier molecular flexibility index (Phi) is 5.08. The number of nitrogens with one attached hydrogen (secondary N) is 1. The van der Waals surface area contributed by atoms with Crippen LogP contribution in [0.5, 0.6) is 0 Å². The second kappa shape index (κ2) is 6.48. The van der Waals surface area contributed by atoms with E-state index in [-0.39, 0.29) is 5.82 Å². The molecule has 0 amide bonds. The number of rotatable bonds is 4. The van der Waals surface area contributed by atoms with E-state index in [1.54, 1.807) is 12.1 Å². The van der Waals surface area contributed by atoms with Crippen LogP contribution in [0.25, 0.3) is 0 Å². The molecular weight excluding hydrogens is 261 g/mol. The first kappa shape index (κ1) is 16.5. The molecule has 3 unspecified atom stereocenters. The quantitative estimate of drug-likeness (QED) is 0.791. The minimum absolute atomic E-state index is 0.158. The van der Waals surface area contributed by atoms with Gasteiger partial charge in [0, 0.05) is 12.1 Å². The molecule has 1 nitrogen and oxygen atoms in total. The van der Waals surface area contributed by atoms with Crippen LogP contribution in [0.15, 0.2) is 24.3 Å². The lowest BCUT2D eigenvalue weighted by molar-refractivity contribution is 0.135. The second-order valence-corrected chi connectivity index (χ2v) is 7.93. The van der Waals surface area contributed by atoms with Crippen LogP contribution >= 0.6 is 0 Å². The van der Waals surface area contributed by atoms with E-state index in [1.165, 1.54) is 24.8 Å². The first-order chi connectivity index (χ1) is 9.78. The molecule has 1 aromatic rings. The van der Waals surface area contributed by atoms with Crippen molar-refractivity contribution in [1.29, 1.82) is 0 Å². The van der Waals surface area contributed by atoms with Gasteiger partial charge in [0.1, 0.15) is 5.82 Å². The molecule has 1 N–H and O–H groups in total. The maximum Gasteiger partial charge on any atom is 0.123 e. The highest BCUT2D eigenvalue weighted by Crippen LogP contribution is 2.39. The lowest BCUT2D eigenvalue weighted by Crippen LogP contribution is -2.44. The third-order valence-electron chi connectivity index (χ3n) is 4.98. The minimum atomic E-state index is -0.158. The van der Waals surface area contributed by atoms with E-state index in [0.29, 0.717) is 29.3 Å². The highest BCUT2D eigenvalue weighted by atomic mass is 19.1. The van der Waals surface area contributed by atoms with Gasteiger partial charge in [0.2, 0.25) is 0 Å². The van der Waals surface area contributed by atoms with Crippen LogP contribution in [0, 0.1) is 23.1 Å². The zero-order valence-electron chi connectivity index (χ0n) is 14.1. The highest BCUT2D eigenvalue weighted by Gasteiger charge is 2.33. The van der Waals surface area contributed by atoms with Crippen molar-refractivity contribution in [3.63, 3.8) is 0 Å². The molecule has 1 aliphatic carbocycles. The van der Waals surface area contributed by atoms with Crippen molar-refractivity contribution in [3.05, 3.63) is 35.6 Å². The van der Waals surface area contributed by atoms with Gasteiger partial charge < -0.3 is 5.32 Å². The SMILES string of the molecule is CC(C)C(NC1CCC(C)(C)CC1C)c1ccc(F)cc1. The summed E-state index contributed by atoms with van der Waals surface area (Å²) < 4.78 is 13.1. The first-order valence-electron chi connectivity index (χ1n) is 8.30. The van der Waals surface area contributed by atoms with Gasteiger partial charge in [-0.05, 0) is 54.2 Å². The standard InChI is InChI=1S/C19H30FN/c1-13(2)18(15-6-8-16(20)9-7-15)21-17-10-11-19(4,5)12-14(17)3/h6-9,13-14,17-18,21H,10-12H2,1-5H3. The van der Waals surface area contributed by atoms with Crippen molar-refractivity contribution in [1.82, 2.24) is 5.32 Å². The summed E-state index contributed by atoms with van der Waals surface area (Å²) in [5.41, 5.74) is 1.67. The Morgan fingerprint density at radius 1 is 1.19 bits per heavy atom. The van der Waals surface area contributed by atoms with E-state index in [2.05, 4.69) is 39.9 Å². The third kappa shape index (κ3) is 4.29. The highest BCUT2D eigenvalue weighted by molar-refractivity contribution is 5.20. The second-order valence-electron chi connectivity index (χ2n) is 7.93. The van der Waals surface area contributed by atoms with Crippen molar-refractivity contribution in [3.8, 4) is 0 Å². The van der Waals surface area contributed by atoms with E-state index in [1.807, 2.05) is 12.1 Å². The van der Waals surface area contributed by atoms with Crippen LogP contribution in [0.4, 0.5) is 4.39 Å². The van der Waals surface area contributed by atoms with Gasteiger partial charge >= 0.3 is 0 Å². The van der Waals surface area contributed by atoms with E-state index in [0.717, 1.165) is 0 Å². The Morgan fingerprint density at radius 2 is 1.81 bits per heavy atom. The molecule has 0 heterocycles.